The lowest BCUT2D eigenvalue weighted by Crippen LogP contribution is -2.53. The number of nitrogens with zero attached hydrogens (tertiary/aromatic N) is 2. The van der Waals surface area contributed by atoms with Gasteiger partial charge in [-0.3, -0.25) is 13.9 Å². The monoisotopic (exact) mass is 687 g/mol. The van der Waals surface area contributed by atoms with Gasteiger partial charge in [0, 0.05) is 24.5 Å². The van der Waals surface area contributed by atoms with Crippen molar-refractivity contribution in [3.05, 3.63) is 129 Å². The van der Waals surface area contributed by atoms with E-state index in [0.29, 0.717) is 20.1 Å². The second-order valence-electron chi connectivity index (χ2n) is 9.39. The highest BCUT2D eigenvalue weighted by atomic mass is 79.9. The van der Waals surface area contributed by atoms with E-state index >= 15 is 0 Å². The number of likely N-dealkylation sites (N-methyl/N-ethyl adjacent to an activating group) is 1. The molecule has 1 unspecified atom stereocenters. The molecule has 11 heteroatoms. The predicted molar refractivity (Wildman–Crippen MR) is 170 cm³/mol. The van der Waals surface area contributed by atoms with Gasteiger partial charge in [0.1, 0.15) is 12.6 Å². The smallest absolute Gasteiger partial charge is 0.264 e. The summed E-state index contributed by atoms with van der Waals surface area (Å²) in [7, 11) is -2.67. The first kappa shape index (κ1) is 31.6. The van der Waals surface area contributed by atoms with Crippen molar-refractivity contribution in [1.82, 2.24) is 10.2 Å². The number of hydrogen-bond donors (Lipinski definition) is 1. The average Bonchev–Trinajstić information content (AvgIpc) is 2.99. The molecule has 0 aliphatic rings. The van der Waals surface area contributed by atoms with Gasteiger partial charge in [0.2, 0.25) is 11.8 Å². The Morgan fingerprint density at radius 3 is 2.12 bits per heavy atom. The number of nitrogens with one attached hydrogen (secondary N) is 1. The van der Waals surface area contributed by atoms with Gasteiger partial charge in [-0.25, -0.2) is 8.42 Å². The molecule has 4 rings (SSSR count). The minimum Gasteiger partial charge on any atom is -0.357 e. The topological polar surface area (TPSA) is 86.8 Å². The first-order valence-corrected chi connectivity index (χ1v) is 15.9. The molecule has 0 saturated heterocycles. The second kappa shape index (κ2) is 14.2. The molecule has 0 aromatic heterocycles. The van der Waals surface area contributed by atoms with E-state index in [2.05, 4.69) is 21.2 Å². The Kier molecular flexibility index (Phi) is 10.7. The van der Waals surface area contributed by atoms with E-state index in [1.165, 1.54) is 24.1 Å². The van der Waals surface area contributed by atoms with Crippen molar-refractivity contribution in [2.75, 3.05) is 17.9 Å². The van der Waals surface area contributed by atoms with Crippen molar-refractivity contribution in [3.8, 4) is 0 Å². The molecule has 42 heavy (non-hydrogen) atoms. The standard InChI is InChI=1S/C31H28BrCl2N3O4S/c1-35-31(39)29(18-22-9-4-2-5-10-22)36(20-23-15-16-27(33)28(34)17-23)30(38)21-37(25-12-8-11-24(32)19-25)42(40,41)26-13-6-3-7-14-26/h2-17,19,29H,18,20-21H2,1H3,(H,35,39). The van der Waals surface area contributed by atoms with Gasteiger partial charge in [-0.2, -0.15) is 0 Å². The summed E-state index contributed by atoms with van der Waals surface area (Å²) in [6.07, 6.45) is 0.204. The molecule has 218 valence electrons. The van der Waals surface area contributed by atoms with Gasteiger partial charge in [-0.05, 0) is 53.6 Å². The summed E-state index contributed by atoms with van der Waals surface area (Å²) < 4.78 is 29.5. The zero-order chi connectivity index (χ0) is 30.3. The summed E-state index contributed by atoms with van der Waals surface area (Å²) in [5.41, 5.74) is 1.74. The van der Waals surface area contributed by atoms with Crippen LogP contribution in [0.3, 0.4) is 0 Å². The first-order valence-electron chi connectivity index (χ1n) is 12.9. The molecule has 0 aliphatic carbocycles. The lowest BCUT2D eigenvalue weighted by molar-refractivity contribution is -0.139. The average molecular weight is 689 g/mol. The second-order valence-corrected chi connectivity index (χ2v) is 13.0. The van der Waals surface area contributed by atoms with E-state index in [1.54, 1.807) is 60.7 Å². The number of hydrogen-bond acceptors (Lipinski definition) is 4. The van der Waals surface area contributed by atoms with E-state index in [9.17, 15) is 18.0 Å². The molecule has 7 nitrogen and oxygen atoms in total. The van der Waals surface area contributed by atoms with Crippen molar-refractivity contribution >= 4 is 66.7 Å². The Morgan fingerprint density at radius 1 is 0.833 bits per heavy atom. The number of halogens is 3. The number of rotatable bonds is 11. The summed E-state index contributed by atoms with van der Waals surface area (Å²) >= 11 is 15.8. The summed E-state index contributed by atoms with van der Waals surface area (Å²) in [5.74, 6) is -0.975. The Bertz CT molecular complexity index is 1660. The highest BCUT2D eigenvalue weighted by molar-refractivity contribution is 9.10. The quantitative estimate of drug-likeness (QED) is 0.199. The largest absolute Gasteiger partial charge is 0.357 e. The molecule has 4 aromatic rings. The van der Waals surface area contributed by atoms with Crippen LogP contribution in [0.1, 0.15) is 11.1 Å². The van der Waals surface area contributed by atoms with Crippen LogP contribution in [-0.2, 0) is 32.6 Å². The number of carbonyl (C=O) groups is 2. The Balaban J connectivity index is 1.79. The molecule has 2 amide bonds. The summed E-state index contributed by atoms with van der Waals surface area (Å²) in [5, 5.41) is 3.30. The minimum absolute atomic E-state index is 0.0155. The van der Waals surface area contributed by atoms with E-state index < -0.39 is 34.4 Å². The normalized spacial score (nSPS) is 11.9. The van der Waals surface area contributed by atoms with Crippen molar-refractivity contribution in [2.24, 2.45) is 0 Å². The zero-order valence-corrected chi connectivity index (χ0v) is 26.5. The van der Waals surface area contributed by atoms with Crippen LogP contribution in [0.15, 0.2) is 112 Å². The fourth-order valence-electron chi connectivity index (χ4n) is 4.43. The molecule has 0 heterocycles. The lowest BCUT2D eigenvalue weighted by Gasteiger charge is -2.33. The first-order chi connectivity index (χ1) is 20.1. The molecular formula is C31H28BrCl2N3O4S. The van der Waals surface area contributed by atoms with Crippen LogP contribution < -0.4 is 9.62 Å². The van der Waals surface area contributed by atoms with E-state index in [1.807, 2.05) is 30.3 Å². The number of benzene rings is 4. The van der Waals surface area contributed by atoms with Crippen molar-refractivity contribution in [3.63, 3.8) is 0 Å². The Labute approximate surface area is 264 Å². The van der Waals surface area contributed by atoms with Gasteiger partial charge in [-0.15, -0.1) is 0 Å². The van der Waals surface area contributed by atoms with Gasteiger partial charge in [-0.1, -0.05) is 99.8 Å². The van der Waals surface area contributed by atoms with Crippen LogP contribution in [-0.4, -0.2) is 44.8 Å². The van der Waals surface area contributed by atoms with Gasteiger partial charge < -0.3 is 10.2 Å². The minimum atomic E-state index is -4.17. The SMILES string of the molecule is CNC(=O)C(Cc1ccccc1)N(Cc1ccc(Cl)c(Cl)c1)C(=O)CN(c1cccc(Br)c1)S(=O)(=O)c1ccccc1. The van der Waals surface area contributed by atoms with Gasteiger partial charge in [0.15, 0.2) is 0 Å². The Hall–Kier alpha value is -3.37. The third-order valence-electron chi connectivity index (χ3n) is 6.56. The molecular weight excluding hydrogens is 661 g/mol. The van der Waals surface area contributed by atoms with Crippen molar-refractivity contribution < 1.29 is 18.0 Å². The summed E-state index contributed by atoms with van der Waals surface area (Å²) in [6.45, 7) is -0.574. The number of anilines is 1. The molecule has 0 spiro atoms. The summed E-state index contributed by atoms with van der Waals surface area (Å²) in [6, 6.07) is 27.9. The van der Waals surface area contributed by atoms with Crippen LogP contribution in [0, 0.1) is 0 Å². The van der Waals surface area contributed by atoms with Gasteiger partial charge >= 0.3 is 0 Å². The van der Waals surface area contributed by atoms with Gasteiger partial charge in [0.25, 0.3) is 10.0 Å². The van der Waals surface area contributed by atoms with E-state index in [0.717, 1.165) is 9.87 Å². The molecule has 0 radical (unpaired) electrons. The van der Waals surface area contributed by atoms with Crippen LogP contribution in [0.2, 0.25) is 10.0 Å². The Morgan fingerprint density at radius 2 is 1.50 bits per heavy atom. The predicted octanol–water partition coefficient (Wildman–Crippen LogP) is 6.34. The lowest BCUT2D eigenvalue weighted by atomic mass is 10.0. The van der Waals surface area contributed by atoms with Crippen LogP contribution >= 0.6 is 39.1 Å². The van der Waals surface area contributed by atoms with E-state index in [-0.39, 0.29) is 23.5 Å². The number of carbonyl (C=O) groups excluding carboxylic acids is 2. The van der Waals surface area contributed by atoms with Crippen LogP contribution in [0.25, 0.3) is 0 Å². The molecule has 0 aliphatic heterocycles. The zero-order valence-electron chi connectivity index (χ0n) is 22.6. The maximum absolute atomic E-state index is 14.3. The highest BCUT2D eigenvalue weighted by Crippen LogP contribution is 2.28. The molecule has 4 aromatic carbocycles. The third kappa shape index (κ3) is 7.72. The summed E-state index contributed by atoms with van der Waals surface area (Å²) in [4.78, 5) is 29.0. The molecule has 0 saturated carbocycles. The third-order valence-corrected chi connectivity index (χ3v) is 9.58. The maximum atomic E-state index is 14.3. The van der Waals surface area contributed by atoms with Crippen LogP contribution in [0.5, 0.6) is 0 Å². The molecule has 0 fully saturated rings. The maximum Gasteiger partial charge on any atom is 0.264 e. The van der Waals surface area contributed by atoms with E-state index in [4.69, 9.17) is 23.2 Å². The molecule has 1 N–H and O–H groups in total. The molecule has 1 atom stereocenters. The fourth-order valence-corrected chi connectivity index (χ4v) is 6.57. The fraction of sp³-hybridized carbons (Fsp3) is 0.161. The number of sulfonamides is 1. The number of amides is 2. The van der Waals surface area contributed by atoms with Gasteiger partial charge in [0.05, 0.1) is 20.6 Å². The molecule has 0 bridgehead atoms. The van der Waals surface area contributed by atoms with Crippen LogP contribution in [0.4, 0.5) is 5.69 Å². The van der Waals surface area contributed by atoms with Crippen molar-refractivity contribution in [2.45, 2.75) is 23.9 Å². The highest BCUT2D eigenvalue weighted by Gasteiger charge is 2.34. The van der Waals surface area contributed by atoms with Crippen molar-refractivity contribution in [1.29, 1.82) is 0 Å².